The highest BCUT2D eigenvalue weighted by molar-refractivity contribution is 5.82. The van der Waals surface area contributed by atoms with Crippen LogP contribution in [0.5, 0.6) is 0 Å². The molecular formula is C15H19N3O2. The van der Waals surface area contributed by atoms with E-state index in [2.05, 4.69) is 4.98 Å². The smallest absolute Gasteiger partial charge is 0.332 e. The van der Waals surface area contributed by atoms with E-state index in [1.54, 1.807) is 6.20 Å². The molecule has 20 heavy (non-hydrogen) atoms. The molecule has 5 heteroatoms. The minimum absolute atomic E-state index is 0.298. The zero-order chi connectivity index (χ0) is 14.6. The third-order valence-electron chi connectivity index (χ3n) is 3.38. The zero-order valence-electron chi connectivity index (χ0n) is 11.7. The molecule has 2 aromatic rings. The second kappa shape index (κ2) is 5.88. The summed E-state index contributed by atoms with van der Waals surface area (Å²) in [5.41, 5.74) is 5.87. The second-order valence-corrected chi connectivity index (χ2v) is 4.65. The van der Waals surface area contributed by atoms with E-state index in [1.807, 2.05) is 48.0 Å². The van der Waals surface area contributed by atoms with Gasteiger partial charge in [-0.1, -0.05) is 37.3 Å². The molecule has 0 aliphatic carbocycles. The Morgan fingerprint density at radius 3 is 2.70 bits per heavy atom. The molecule has 1 aromatic heterocycles. The van der Waals surface area contributed by atoms with Crippen LogP contribution in [-0.2, 0) is 28.0 Å². The van der Waals surface area contributed by atoms with Crippen LogP contribution in [-0.4, -0.2) is 22.6 Å². The van der Waals surface area contributed by atoms with Crippen LogP contribution < -0.4 is 5.73 Å². The summed E-state index contributed by atoms with van der Waals surface area (Å²) in [6, 6.07) is 9.26. The number of esters is 1. The molecule has 1 atom stereocenters. The lowest BCUT2D eigenvalue weighted by atomic mass is 9.90. The summed E-state index contributed by atoms with van der Waals surface area (Å²) in [6.07, 6.45) is 4.31. The summed E-state index contributed by atoms with van der Waals surface area (Å²) in [5, 5.41) is 0. The molecule has 0 saturated carbocycles. The van der Waals surface area contributed by atoms with Gasteiger partial charge < -0.3 is 15.0 Å². The maximum atomic E-state index is 12.2. The van der Waals surface area contributed by atoms with Crippen molar-refractivity contribution in [3.05, 3.63) is 54.1 Å². The van der Waals surface area contributed by atoms with Crippen molar-refractivity contribution in [1.29, 1.82) is 0 Å². The number of aryl methyl sites for hydroxylation is 1. The standard InChI is InChI=1S/C15H19N3O2/c1-3-13-17-9-10-18(13)11-15(16,14(19)20-2)12-7-5-4-6-8-12/h4-10H,3,11,16H2,1-2H3. The average molecular weight is 273 g/mol. The van der Waals surface area contributed by atoms with E-state index in [0.717, 1.165) is 17.8 Å². The maximum absolute atomic E-state index is 12.2. The van der Waals surface area contributed by atoms with Gasteiger partial charge >= 0.3 is 5.97 Å². The predicted octanol–water partition coefficient (Wildman–Crippen LogP) is 1.47. The summed E-state index contributed by atoms with van der Waals surface area (Å²) >= 11 is 0. The third kappa shape index (κ3) is 2.58. The number of nitrogens with two attached hydrogens (primary N) is 1. The van der Waals surface area contributed by atoms with Gasteiger partial charge in [-0.05, 0) is 5.56 Å². The lowest BCUT2D eigenvalue weighted by Crippen LogP contribution is -2.49. The Kier molecular flexibility index (Phi) is 4.20. The Morgan fingerprint density at radius 2 is 2.10 bits per heavy atom. The van der Waals surface area contributed by atoms with Crippen molar-refractivity contribution in [3.63, 3.8) is 0 Å². The predicted molar refractivity (Wildman–Crippen MR) is 75.9 cm³/mol. The molecule has 0 radical (unpaired) electrons. The molecule has 1 heterocycles. The Hall–Kier alpha value is -2.14. The summed E-state index contributed by atoms with van der Waals surface area (Å²) < 4.78 is 6.79. The van der Waals surface area contributed by atoms with Crippen LogP contribution in [0.3, 0.4) is 0 Å². The molecule has 0 amide bonds. The van der Waals surface area contributed by atoms with Gasteiger partial charge in [-0.15, -0.1) is 0 Å². The molecule has 1 aromatic carbocycles. The SMILES string of the molecule is CCc1nccn1CC(N)(C(=O)OC)c1ccccc1. The van der Waals surface area contributed by atoms with Gasteiger partial charge in [0.05, 0.1) is 13.7 Å². The van der Waals surface area contributed by atoms with Crippen molar-refractivity contribution < 1.29 is 9.53 Å². The molecule has 5 nitrogen and oxygen atoms in total. The first kappa shape index (κ1) is 14.3. The quantitative estimate of drug-likeness (QED) is 0.838. The van der Waals surface area contributed by atoms with Crippen molar-refractivity contribution in [2.75, 3.05) is 7.11 Å². The Balaban J connectivity index is 2.41. The molecule has 0 bridgehead atoms. The zero-order valence-corrected chi connectivity index (χ0v) is 11.7. The van der Waals surface area contributed by atoms with Crippen LogP contribution in [0.25, 0.3) is 0 Å². The Morgan fingerprint density at radius 1 is 1.40 bits per heavy atom. The van der Waals surface area contributed by atoms with Crippen molar-refractivity contribution in [3.8, 4) is 0 Å². The minimum atomic E-state index is -1.22. The van der Waals surface area contributed by atoms with Gasteiger partial charge in [0.2, 0.25) is 0 Å². The normalized spacial score (nSPS) is 13.8. The molecule has 0 saturated heterocycles. The number of aromatic nitrogens is 2. The second-order valence-electron chi connectivity index (χ2n) is 4.65. The summed E-state index contributed by atoms with van der Waals surface area (Å²) in [6.45, 7) is 2.31. The fourth-order valence-electron chi connectivity index (χ4n) is 2.26. The van der Waals surface area contributed by atoms with E-state index in [4.69, 9.17) is 10.5 Å². The number of carbonyl (C=O) groups excluding carboxylic acids is 1. The molecule has 2 rings (SSSR count). The summed E-state index contributed by atoms with van der Waals surface area (Å²) in [5.74, 6) is 0.430. The number of ether oxygens (including phenoxy) is 1. The molecule has 0 aliphatic rings. The lowest BCUT2D eigenvalue weighted by molar-refractivity contribution is -0.148. The van der Waals surface area contributed by atoms with E-state index in [9.17, 15) is 4.79 Å². The van der Waals surface area contributed by atoms with E-state index in [1.165, 1.54) is 7.11 Å². The van der Waals surface area contributed by atoms with Gasteiger partial charge in [-0.2, -0.15) is 0 Å². The van der Waals surface area contributed by atoms with Crippen molar-refractivity contribution in [2.45, 2.75) is 25.4 Å². The number of hydrogen-bond acceptors (Lipinski definition) is 4. The van der Waals surface area contributed by atoms with Crippen LogP contribution in [0.4, 0.5) is 0 Å². The number of hydrogen-bond donors (Lipinski definition) is 1. The van der Waals surface area contributed by atoms with Gasteiger partial charge in [0.25, 0.3) is 0 Å². The van der Waals surface area contributed by atoms with Crippen molar-refractivity contribution in [2.24, 2.45) is 5.73 Å². The number of rotatable bonds is 5. The maximum Gasteiger partial charge on any atom is 0.332 e. The topological polar surface area (TPSA) is 70.1 Å². The van der Waals surface area contributed by atoms with Gasteiger partial charge in [-0.25, -0.2) is 9.78 Å². The van der Waals surface area contributed by atoms with Crippen LogP contribution in [0, 0.1) is 0 Å². The Bertz CT molecular complexity index is 580. The molecule has 0 aliphatic heterocycles. The van der Waals surface area contributed by atoms with Gasteiger partial charge in [0, 0.05) is 18.8 Å². The molecule has 0 fully saturated rings. The molecular weight excluding hydrogens is 254 g/mol. The number of methoxy groups -OCH3 is 1. The average Bonchev–Trinajstić information content (AvgIpc) is 2.94. The Labute approximate surface area is 118 Å². The largest absolute Gasteiger partial charge is 0.467 e. The van der Waals surface area contributed by atoms with E-state index in [0.29, 0.717) is 6.54 Å². The van der Waals surface area contributed by atoms with E-state index >= 15 is 0 Å². The van der Waals surface area contributed by atoms with E-state index < -0.39 is 11.5 Å². The molecule has 1 unspecified atom stereocenters. The van der Waals surface area contributed by atoms with Gasteiger partial charge in [0.15, 0.2) is 5.54 Å². The fraction of sp³-hybridized carbons (Fsp3) is 0.333. The molecule has 106 valence electrons. The highest BCUT2D eigenvalue weighted by atomic mass is 16.5. The lowest BCUT2D eigenvalue weighted by Gasteiger charge is -2.28. The van der Waals surface area contributed by atoms with Gasteiger partial charge in [-0.3, -0.25) is 0 Å². The summed E-state index contributed by atoms with van der Waals surface area (Å²) in [4.78, 5) is 16.4. The first-order valence-electron chi connectivity index (χ1n) is 6.54. The highest BCUT2D eigenvalue weighted by Crippen LogP contribution is 2.23. The third-order valence-corrected chi connectivity index (χ3v) is 3.38. The first-order chi connectivity index (χ1) is 9.61. The van der Waals surface area contributed by atoms with E-state index in [-0.39, 0.29) is 0 Å². The fourth-order valence-corrected chi connectivity index (χ4v) is 2.26. The van der Waals surface area contributed by atoms with Crippen LogP contribution >= 0.6 is 0 Å². The monoisotopic (exact) mass is 273 g/mol. The van der Waals surface area contributed by atoms with Crippen LogP contribution in [0.15, 0.2) is 42.7 Å². The number of benzene rings is 1. The minimum Gasteiger partial charge on any atom is -0.467 e. The van der Waals surface area contributed by atoms with Crippen molar-refractivity contribution >= 4 is 5.97 Å². The van der Waals surface area contributed by atoms with Crippen molar-refractivity contribution in [1.82, 2.24) is 9.55 Å². The number of carbonyl (C=O) groups is 1. The molecule has 0 spiro atoms. The summed E-state index contributed by atoms with van der Waals surface area (Å²) in [7, 11) is 1.35. The number of nitrogens with zero attached hydrogens (tertiary/aromatic N) is 2. The highest BCUT2D eigenvalue weighted by Gasteiger charge is 2.38. The van der Waals surface area contributed by atoms with Gasteiger partial charge in [0.1, 0.15) is 5.82 Å². The first-order valence-corrected chi connectivity index (χ1v) is 6.54. The molecule has 2 N–H and O–H groups in total. The van der Waals surface area contributed by atoms with Crippen LogP contribution in [0.2, 0.25) is 0 Å². The number of imidazole rings is 1. The van der Waals surface area contributed by atoms with Crippen LogP contribution in [0.1, 0.15) is 18.3 Å².